The summed E-state index contributed by atoms with van der Waals surface area (Å²) in [4.78, 5) is 26.1. The average molecular weight is 533 g/mol. The summed E-state index contributed by atoms with van der Waals surface area (Å²) in [5.74, 6) is -2.16. The lowest BCUT2D eigenvalue weighted by Crippen LogP contribution is -2.39. The van der Waals surface area contributed by atoms with E-state index in [1.807, 2.05) is 0 Å². The Kier molecular flexibility index (Phi) is 7.17. The highest BCUT2D eigenvalue weighted by atomic mass is 35.5. The number of nitrogens with one attached hydrogen (secondary N) is 1. The minimum Gasteiger partial charge on any atom is -0.444 e. The third-order valence-electron chi connectivity index (χ3n) is 5.31. The number of benzene rings is 2. The summed E-state index contributed by atoms with van der Waals surface area (Å²) in [5, 5.41) is 9.85. The molecule has 12 heteroatoms. The molecule has 0 aliphatic carbocycles. The number of rotatable bonds is 5. The number of ether oxygens (including phenoxy) is 3. The zero-order valence-corrected chi connectivity index (χ0v) is 21.1. The Bertz CT molecular complexity index is 1350. The molecule has 1 unspecified atom stereocenters. The van der Waals surface area contributed by atoms with E-state index in [-0.39, 0.29) is 40.3 Å². The van der Waals surface area contributed by atoms with Crippen LogP contribution in [0.15, 0.2) is 42.5 Å². The molecule has 0 radical (unpaired) electrons. The summed E-state index contributed by atoms with van der Waals surface area (Å²) in [5.41, 5.74) is -0.401. The van der Waals surface area contributed by atoms with Crippen LogP contribution in [0.2, 0.25) is 5.15 Å². The number of amides is 2. The number of hydrogen-bond donors (Lipinski definition) is 1. The standard InChI is InChI=1S/C25H23ClF2N4O5/c1-13-15-8-9-17(35-19-11-10-18(26)30-31-19)21(28)22(15)36-24(34)32(13)12-14-6-5-7-16(20(14)27)29-23(33)37-25(2,3)4/h5-11,13H,12H2,1-4H3,(H,29,33). The fourth-order valence-corrected chi connectivity index (χ4v) is 3.71. The van der Waals surface area contributed by atoms with Crippen LogP contribution in [-0.2, 0) is 11.3 Å². The largest absolute Gasteiger partial charge is 0.444 e. The van der Waals surface area contributed by atoms with Crippen molar-refractivity contribution in [2.24, 2.45) is 0 Å². The Hall–Kier alpha value is -3.99. The summed E-state index contributed by atoms with van der Waals surface area (Å²) in [6, 6.07) is 9.44. The molecule has 2 heterocycles. The summed E-state index contributed by atoms with van der Waals surface area (Å²) < 4.78 is 46.2. The SMILES string of the molecule is CC1c2ccc(Oc3ccc(Cl)nn3)c(F)c2OC(=O)N1Cc1cccc(NC(=O)OC(C)(C)C)c1F. The average Bonchev–Trinajstić information content (AvgIpc) is 2.81. The number of hydrogen-bond acceptors (Lipinski definition) is 7. The molecule has 1 N–H and O–H groups in total. The van der Waals surface area contributed by atoms with Gasteiger partial charge in [0.25, 0.3) is 0 Å². The van der Waals surface area contributed by atoms with E-state index >= 15 is 8.78 Å². The summed E-state index contributed by atoms with van der Waals surface area (Å²) in [6.07, 6.45) is -1.70. The van der Waals surface area contributed by atoms with Gasteiger partial charge in [0.15, 0.2) is 22.5 Å². The molecule has 1 aliphatic heterocycles. The number of anilines is 1. The van der Waals surface area contributed by atoms with Crippen molar-refractivity contribution in [1.82, 2.24) is 15.1 Å². The van der Waals surface area contributed by atoms with Crippen molar-refractivity contribution in [3.8, 4) is 17.4 Å². The lowest BCUT2D eigenvalue weighted by atomic mass is 10.0. The highest BCUT2D eigenvalue weighted by Crippen LogP contribution is 2.41. The van der Waals surface area contributed by atoms with Crippen molar-refractivity contribution in [2.45, 2.75) is 45.9 Å². The van der Waals surface area contributed by atoms with Crippen LogP contribution in [0.5, 0.6) is 17.4 Å². The van der Waals surface area contributed by atoms with Crippen LogP contribution in [0, 0.1) is 11.6 Å². The Morgan fingerprint density at radius 2 is 1.89 bits per heavy atom. The second-order valence-electron chi connectivity index (χ2n) is 9.17. The van der Waals surface area contributed by atoms with Gasteiger partial charge in [0.05, 0.1) is 18.3 Å². The van der Waals surface area contributed by atoms with Gasteiger partial charge in [-0.05, 0) is 52.0 Å². The van der Waals surface area contributed by atoms with Crippen LogP contribution in [0.3, 0.4) is 0 Å². The van der Waals surface area contributed by atoms with E-state index in [0.29, 0.717) is 5.56 Å². The first-order valence-corrected chi connectivity index (χ1v) is 11.6. The molecule has 3 aromatic rings. The van der Waals surface area contributed by atoms with E-state index in [0.717, 1.165) is 0 Å². The quantitative estimate of drug-likeness (QED) is 0.393. The van der Waals surface area contributed by atoms with E-state index in [9.17, 15) is 9.59 Å². The molecule has 2 amide bonds. The van der Waals surface area contributed by atoms with Crippen LogP contribution in [-0.4, -0.2) is 32.9 Å². The van der Waals surface area contributed by atoms with Gasteiger partial charge in [-0.1, -0.05) is 23.7 Å². The lowest BCUT2D eigenvalue weighted by Gasteiger charge is -2.34. The molecule has 1 aromatic heterocycles. The minimum absolute atomic E-state index is 0.00425. The van der Waals surface area contributed by atoms with E-state index in [2.05, 4.69) is 15.5 Å². The predicted molar refractivity (Wildman–Crippen MR) is 130 cm³/mol. The maximum atomic E-state index is 15.2. The van der Waals surface area contributed by atoms with Gasteiger partial charge in [-0.25, -0.2) is 14.0 Å². The zero-order valence-electron chi connectivity index (χ0n) is 20.3. The first-order chi connectivity index (χ1) is 17.4. The maximum Gasteiger partial charge on any atom is 0.416 e. The predicted octanol–water partition coefficient (Wildman–Crippen LogP) is 6.62. The maximum absolute atomic E-state index is 15.2. The molecular weight excluding hydrogens is 510 g/mol. The molecular formula is C25H23ClF2N4O5. The molecule has 2 aromatic carbocycles. The Morgan fingerprint density at radius 1 is 1.14 bits per heavy atom. The van der Waals surface area contributed by atoms with Gasteiger partial charge in [0.1, 0.15) is 5.60 Å². The molecule has 1 aliphatic rings. The van der Waals surface area contributed by atoms with Crippen molar-refractivity contribution >= 4 is 29.5 Å². The number of nitrogens with zero attached hydrogens (tertiary/aromatic N) is 3. The Balaban J connectivity index is 1.54. The fourth-order valence-electron chi connectivity index (χ4n) is 3.60. The first-order valence-electron chi connectivity index (χ1n) is 11.2. The minimum atomic E-state index is -0.899. The molecule has 0 saturated carbocycles. The third kappa shape index (κ3) is 5.88. The fraction of sp³-hybridized carbons (Fsp3) is 0.280. The van der Waals surface area contributed by atoms with Gasteiger partial charge in [0.2, 0.25) is 11.7 Å². The second kappa shape index (κ2) is 10.2. The summed E-state index contributed by atoms with van der Waals surface area (Å²) >= 11 is 5.70. The van der Waals surface area contributed by atoms with Gasteiger partial charge >= 0.3 is 12.2 Å². The molecule has 194 valence electrons. The van der Waals surface area contributed by atoms with Crippen molar-refractivity contribution in [2.75, 3.05) is 5.32 Å². The van der Waals surface area contributed by atoms with Crippen molar-refractivity contribution in [3.63, 3.8) is 0 Å². The van der Waals surface area contributed by atoms with Gasteiger partial charge in [-0.15, -0.1) is 10.2 Å². The second-order valence-corrected chi connectivity index (χ2v) is 9.56. The Morgan fingerprint density at radius 3 is 2.57 bits per heavy atom. The highest BCUT2D eigenvalue weighted by molar-refractivity contribution is 6.29. The summed E-state index contributed by atoms with van der Waals surface area (Å²) in [6.45, 7) is 6.51. The van der Waals surface area contributed by atoms with Crippen LogP contribution >= 0.6 is 11.6 Å². The molecule has 0 fully saturated rings. The van der Waals surface area contributed by atoms with E-state index < -0.39 is 35.5 Å². The molecule has 0 saturated heterocycles. The van der Waals surface area contributed by atoms with E-state index in [4.69, 9.17) is 25.8 Å². The highest BCUT2D eigenvalue weighted by Gasteiger charge is 2.35. The molecule has 37 heavy (non-hydrogen) atoms. The normalized spacial score (nSPS) is 15.1. The van der Waals surface area contributed by atoms with Gasteiger partial charge in [-0.3, -0.25) is 10.2 Å². The third-order valence-corrected chi connectivity index (χ3v) is 5.51. The molecule has 0 spiro atoms. The van der Waals surface area contributed by atoms with Crippen LogP contribution in [0.1, 0.15) is 44.9 Å². The molecule has 4 rings (SSSR count). The van der Waals surface area contributed by atoms with E-state index in [1.54, 1.807) is 27.7 Å². The van der Waals surface area contributed by atoms with Crippen molar-refractivity contribution < 1.29 is 32.6 Å². The van der Waals surface area contributed by atoms with Crippen LogP contribution in [0.25, 0.3) is 0 Å². The van der Waals surface area contributed by atoms with Gasteiger partial charge < -0.3 is 14.2 Å². The number of halogens is 3. The smallest absolute Gasteiger partial charge is 0.416 e. The zero-order chi connectivity index (χ0) is 26.9. The molecule has 9 nitrogen and oxygen atoms in total. The van der Waals surface area contributed by atoms with Crippen LogP contribution in [0.4, 0.5) is 24.1 Å². The van der Waals surface area contributed by atoms with Crippen LogP contribution < -0.4 is 14.8 Å². The van der Waals surface area contributed by atoms with Gasteiger partial charge in [0, 0.05) is 17.2 Å². The number of carbonyl (C=O) groups is 2. The number of fused-ring (bicyclic) bond motifs is 1. The topological polar surface area (TPSA) is 103 Å². The summed E-state index contributed by atoms with van der Waals surface area (Å²) in [7, 11) is 0. The van der Waals surface area contributed by atoms with Crippen molar-refractivity contribution in [1.29, 1.82) is 0 Å². The van der Waals surface area contributed by atoms with E-state index in [1.165, 1.54) is 47.4 Å². The number of carbonyl (C=O) groups excluding carboxylic acids is 2. The Labute approximate surface area is 216 Å². The molecule has 0 bridgehead atoms. The number of aromatic nitrogens is 2. The first kappa shape index (κ1) is 26.1. The molecule has 1 atom stereocenters. The van der Waals surface area contributed by atoms with Gasteiger partial charge in [-0.2, -0.15) is 4.39 Å². The van der Waals surface area contributed by atoms with Crippen molar-refractivity contribution in [3.05, 3.63) is 70.4 Å². The lowest BCUT2D eigenvalue weighted by molar-refractivity contribution is 0.0635. The monoisotopic (exact) mass is 532 g/mol.